The number of hydrogen-bond acceptors (Lipinski definition) is 2. The smallest absolute Gasteiger partial charge is 0.224 e. The Balaban J connectivity index is 2.59. The Kier molecular flexibility index (Phi) is 5.82. The van der Waals surface area contributed by atoms with E-state index < -0.39 is 0 Å². The van der Waals surface area contributed by atoms with E-state index in [1.165, 1.54) is 5.56 Å². The number of amides is 1. The zero-order chi connectivity index (χ0) is 13.7. The fraction of sp³-hybridized carbons (Fsp3) is 0.500. The minimum Gasteiger partial charge on any atom is -0.328 e. The van der Waals surface area contributed by atoms with Gasteiger partial charge in [-0.15, -0.1) is 0 Å². The van der Waals surface area contributed by atoms with E-state index >= 15 is 0 Å². The summed E-state index contributed by atoms with van der Waals surface area (Å²) in [5, 5.41) is 2.95. The van der Waals surface area contributed by atoms with Crippen molar-refractivity contribution in [3.63, 3.8) is 0 Å². The Morgan fingerprint density at radius 3 is 2.67 bits per heavy atom. The first-order chi connectivity index (χ1) is 8.40. The monoisotopic (exact) mass is 312 g/mol. The van der Waals surface area contributed by atoms with Crippen molar-refractivity contribution in [3.05, 3.63) is 27.7 Å². The molecule has 0 aliphatic rings. The van der Waals surface area contributed by atoms with Crippen LogP contribution in [-0.4, -0.2) is 11.9 Å². The van der Waals surface area contributed by atoms with Crippen LogP contribution in [0.3, 0.4) is 0 Å². The van der Waals surface area contributed by atoms with Gasteiger partial charge in [0, 0.05) is 16.9 Å². The van der Waals surface area contributed by atoms with Crippen molar-refractivity contribution in [2.75, 3.05) is 5.32 Å². The van der Waals surface area contributed by atoms with Crippen molar-refractivity contribution in [1.29, 1.82) is 0 Å². The van der Waals surface area contributed by atoms with Crippen LogP contribution >= 0.6 is 15.9 Å². The van der Waals surface area contributed by atoms with Gasteiger partial charge in [-0.3, -0.25) is 4.79 Å². The van der Waals surface area contributed by atoms with E-state index in [1.54, 1.807) is 0 Å². The molecule has 0 radical (unpaired) electrons. The van der Waals surface area contributed by atoms with Crippen molar-refractivity contribution >= 4 is 27.5 Å². The fourth-order valence-electron chi connectivity index (χ4n) is 1.86. The minimum absolute atomic E-state index is 0.0447. The van der Waals surface area contributed by atoms with Gasteiger partial charge in [-0.2, -0.15) is 0 Å². The number of nitrogens with one attached hydrogen (secondary N) is 1. The first-order valence-electron chi connectivity index (χ1n) is 6.22. The van der Waals surface area contributed by atoms with Gasteiger partial charge in [0.2, 0.25) is 5.91 Å². The number of benzene rings is 1. The molecular formula is C14H21BrN2O. The second kappa shape index (κ2) is 6.90. The zero-order valence-electron chi connectivity index (χ0n) is 11.2. The largest absolute Gasteiger partial charge is 0.328 e. The lowest BCUT2D eigenvalue weighted by molar-refractivity contribution is -0.116. The van der Waals surface area contributed by atoms with Gasteiger partial charge in [0.05, 0.1) is 5.69 Å². The predicted octanol–water partition coefficient (Wildman–Crippen LogP) is 3.52. The molecule has 0 aromatic heterocycles. The number of carbonyl (C=O) groups is 1. The van der Waals surface area contributed by atoms with Crippen LogP contribution in [-0.2, 0) is 4.79 Å². The molecule has 0 saturated carbocycles. The summed E-state index contributed by atoms with van der Waals surface area (Å²) in [7, 11) is 0. The number of carbonyl (C=O) groups excluding carboxylic acids is 1. The van der Waals surface area contributed by atoms with Gasteiger partial charge >= 0.3 is 0 Å². The highest BCUT2D eigenvalue weighted by Gasteiger charge is 2.09. The third-order valence-electron chi connectivity index (χ3n) is 2.76. The molecule has 4 heteroatoms. The van der Waals surface area contributed by atoms with Crippen molar-refractivity contribution in [3.8, 4) is 0 Å². The molecular weight excluding hydrogens is 292 g/mol. The number of aryl methyl sites for hydroxylation is 2. The fourth-order valence-corrected chi connectivity index (χ4v) is 2.63. The SMILES string of the molecule is Cc1cc(C)c(NC(=O)CCCC(C)N)c(Br)c1. The summed E-state index contributed by atoms with van der Waals surface area (Å²) in [5.74, 6) is 0.0447. The van der Waals surface area contributed by atoms with Crippen molar-refractivity contribution < 1.29 is 4.79 Å². The maximum absolute atomic E-state index is 11.8. The highest BCUT2D eigenvalue weighted by Crippen LogP contribution is 2.27. The van der Waals surface area contributed by atoms with Crippen LogP contribution in [0.4, 0.5) is 5.69 Å². The summed E-state index contributed by atoms with van der Waals surface area (Å²) in [6.07, 6.45) is 2.22. The van der Waals surface area contributed by atoms with Crippen LogP contribution in [0.1, 0.15) is 37.3 Å². The zero-order valence-corrected chi connectivity index (χ0v) is 12.8. The summed E-state index contributed by atoms with van der Waals surface area (Å²) >= 11 is 3.48. The van der Waals surface area contributed by atoms with Crippen molar-refractivity contribution in [1.82, 2.24) is 0 Å². The topological polar surface area (TPSA) is 55.1 Å². The Hall–Kier alpha value is -0.870. The lowest BCUT2D eigenvalue weighted by Gasteiger charge is -2.12. The summed E-state index contributed by atoms with van der Waals surface area (Å²) in [6.45, 7) is 5.99. The lowest BCUT2D eigenvalue weighted by atomic mass is 10.1. The number of hydrogen-bond donors (Lipinski definition) is 2. The van der Waals surface area contributed by atoms with E-state index in [4.69, 9.17) is 5.73 Å². The van der Waals surface area contributed by atoms with Gasteiger partial charge in [0.25, 0.3) is 0 Å². The van der Waals surface area contributed by atoms with Gasteiger partial charge in [-0.1, -0.05) is 6.07 Å². The molecule has 18 heavy (non-hydrogen) atoms. The molecule has 0 fully saturated rings. The van der Waals surface area contributed by atoms with Crippen LogP contribution in [0, 0.1) is 13.8 Å². The number of anilines is 1. The number of rotatable bonds is 5. The van der Waals surface area contributed by atoms with E-state index in [-0.39, 0.29) is 11.9 Å². The van der Waals surface area contributed by atoms with E-state index in [0.29, 0.717) is 6.42 Å². The second-order valence-electron chi connectivity index (χ2n) is 4.86. The summed E-state index contributed by atoms with van der Waals surface area (Å²) in [6, 6.07) is 4.22. The van der Waals surface area contributed by atoms with E-state index in [0.717, 1.165) is 28.6 Å². The van der Waals surface area contributed by atoms with Crippen LogP contribution < -0.4 is 11.1 Å². The summed E-state index contributed by atoms with van der Waals surface area (Å²) in [5.41, 5.74) is 8.77. The van der Waals surface area contributed by atoms with E-state index in [9.17, 15) is 4.79 Å². The molecule has 0 saturated heterocycles. The molecule has 3 nitrogen and oxygen atoms in total. The molecule has 0 heterocycles. The van der Waals surface area contributed by atoms with E-state index in [2.05, 4.69) is 27.3 Å². The highest BCUT2D eigenvalue weighted by molar-refractivity contribution is 9.10. The van der Waals surface area contributed by atoms with E-state index in [1.807, 2.05) is 26.8 Å². The predicted molar refractivity (Wildman–Crippen MR) is 79.7 cm³/mol. The summed E-state index contributed by atoms with van der Waals surface area (Å²) < 4.78 is 0.931. The maximum atomic E-state index is 11.8. The normalized spacial score (nSPS) is 12.3. The molecule has 0 spiro atoms. The molecule has 1 atom stereocenters. The molecule has 1 amide bonds. The Morgan fingerprint density at radius 2 is 2.11 bits per heavy atom. The van der Waals surface area contributed by atoms with Crippen molar-refractivity contribution in [2.24, 2.45) is 5.73 Å². The third-order valence-corrected chi connectivity index (χ3v) is 3.38. The standard InChI is InChI=1S/C14H21BrN2O/c1-9-7-10(2)14(12(15)8-9)17-13(18)6-4-5-11(3)16/h7-8,11H,4-6,16H2,1-3H3,(H,17,18). The Morgan fingerprint density at radius 1 is 1.44 bits per heavy atom. The van der Waals surface area contributed by atoms with Crippen LogP contribution in [0.25, 0.3) is 0 Å². The highest BCUT2D eigenvalue weighted by atomic mass is 79.9. The number of halogens is 1. The molecule has 0 aliphatic heterocycles. The van der Waals surface area contributed by atoms with Crippen LogP contribution in [0.5, 0.6) is 0 Å². The third kappa shape index (κ3) is 4.78. The maximum Gasteiger partial charge on any atom is 0.224 e. The molecule has 1 aromatic carbocycles. The van der Waals surface area contributed by atoms with Gasteiger partial charge in [0.1, 0.15) is 0 Å². The minimum atomic E-state index is 0.0447. The molecule has 0 bridgehead atoms. The van der Waals surface area contributed by atoms with Gasteiger partial charge in [0.15, 0.2) is 0 Å². The first-order valence-corrected chi connectivity index (χ1v) is 7.01. The number of nitrogens with two attached hydrogens (primary N) is 1. The Labute approximate surface area is 117 Å². The molecule has 1 aromatic rings. The molecule has 0 aliphatic carbocycles. The molecule has 100 valence electrons. The van der Waals surface area contributed by atoms with Gasteiger partial charge in [-0.25, -0.2) is 0 Å². The molecule has 1 unspecified atom stereocenters. The average Bonchev–Trinajstić information content (AvgIpc) is 2.22. The van der Waals surface area contributed by atoms with Gasteiger partial charge < -0.3 is 11.1 Å². The lowest BCUT2D eigenvalue weighted by Crippen LogP contribution is -2.17. The first kappa shape index (κ1) is 15.2. The molecule has 1 rings (SSSR count). The van der Waals surface area contributed by atoms with Crippen molar-refractivity contribution in [2.45, 2.75) is 46.1 Å². The van der Waals surface area contributed by atoms with Crippen LogP contribution in [0.15, 0.2) is 16.6 Å². The average molecular weight is 313 g/mol. The second-order valence-corrected chi connectivity index (χ2v) is 5.71. The molecule has 3 N–H and O–H groups in total. The summed E-state index contributed by atoms with van der Waals surface area (Å²) in [4.78, 5) is 11.8. The quantitative estimate of drug-likeness (QED) is 0.874. The Bertz CT molecular complexity index is 407. The van der Waals surface area contributed by atoms with Gasteiger partial charge in [-0.05, 0) is 66.7 Å². The van der Waals surface area contributed by atoms with Crippen LogP contribution in [0.2, 0.25) is 0 Å².